The van der Waals surface area contributed by atoms with E-state index in [-0.39, 0.29) is 0 Å². The van der Waals surface area contributed by atoms with Crippen LogP contribution in [0.4, 0.5) is 0 Å². The van der Waals surface area contributed by atoms with Crippen molar-refractivity contribution >= 4 is 26.7 Å². The third-order valence-corrected chi connectivity index (χ3v) is 4.04. The molecule has 2 aromatic carbocycles. The van der Waals surface area contributed by atoms with E-state index in [2.05, 4.69) is 63.3 Å². The lowest BCUT2D eigenvalue weighted by atomic mass is 10.0. The highest BCUT2D eigenvalue weighted by Gasteiger charge is 2.28. The summed E-state index contributed by atoms with van der Waals surface area (Å²) in [6.45, 7) is 2.23. The van der Waals surface area contributed by atoms with Crippen molar-refractivity contribution < 1.29 is 0 Å². The minimum Gasteiger partial charge on any atom is -0.295 e. The molecule has 3 rings (SSSR count). The minimum atomic E-state index is 0.821. The first-order valence-corrected chi connectivity index (χ1v) is 7.77. The average Bonchev–Trinajstić information content (AvgIpc) is 3.23. The van der Waals surface area contributed by atoms with Crippen LogP contribution in [0.5, 0.6) is 0 Å². The topological polar surface area (TPSA) is 3.24 Å². The van der Waals surface area contributed by atoms with Crippen molar-refractivity contribution in [2.45, 2.75) is 25.4 Å². The summed E-state index contributed by atoms with van der Waals surface area (Å²) in [4.78, 5) is 2.61. The summed E-state index contributed by atoms with van der Waals surface area (Å²) in [6, 6.07) is 16.2. The normalized spacial score (nSPS) is 15.4. The van der Waals surface area contributed by atoms with Crippen LogP contribution in [-0.4, -0.2) is 22.8 Å². The van der Waals surface area contributed by atoms with Gasteiger partial charge in [-0.2, -0.15) is 0 Å². The van der Waals surface area contributed by atoms with E-state index in [4.69, 9.17) is 0 Å². The molecule has 0 spiro atoms. The van der Waals surface area contributed by atoms with Crippen molar-refractivity contribution in [1.29, 1.82) is 0 Å². The number of fused-ring (bicyclic) bond motifs is 1. The molecule has 0 bridgehead atoms. The zero-order valence-corrected chi connectivity index (χ0v) is 12.1. The van der Waals surface area contributed by atoms with Crippen LogP contribution in [0.3, 0.4) is 0 Å². The van der Waals surface area contributed by atoms with Crippen LogP contribution >= 0.6 is 15.9 Å². The van der Waals surface area contributed by atoms with Gasteiger partial charge in [-0.25, -0.2) is 0 Å². The van der Waals surface area contributed by atoms with Gasteiger partial charge in [-0.05, 0) is 29.2 Å². The van der Waals surface area contributed by atoms with Gasteiger partial charge in [-0.15, -0.1) is 0 Å². The third kappa shape index (κ3) is 2.60. The fourth-order valence-electron chi connectivity index (χ4n) is 2.59. The van der Waals surface area contributed by atoms with Crippen LogP contribution in [0.2, 0.25) is 0 Å². The summed E-state index contributed by atoms with van der Waals surface area (Å²) in [5, 5.41) is 3.82. The van der Waals surface area contributed by atoms with Gasteiger partial charge >= 0.3 is 0 Å². The molecule has 2 aromatic rings. The number of hydrogen-bond acceptors (Lipinski definition) is 1. The van der Waals surface area contributed by atoms with E-state index in [1.165, 1.54) is 29.2 Å². The molecule has 18 heavy (non-hydrogen) atoms. The smallest absolute Gasteiger partial charge is 0.0243 e. The summed E-state index contributed by atoms with van der Waals surface area (Å²) in [5.74, 6) is 0. The second-order valence-electron chi connectivity index (χ2n) is 5.03. The Hall–Kier alpha value is -0.860. The maximum atomic E-state index is 3.57. The van der Waals surface area contributed by atoms with E-state index >= 15 is 0 Å². The summed E-state index contributed by atoms with van der Waals surface area (Å²) < 4.78 is 0. The van der Waals surface area contributed by atoms with Crippen molar-refractivity contribution in [2.75, 3.05) is 11.9 Å². The maximum Gasteiger partial charge on any atom is 0.0243 e. The average molecular weight is 304 g/mol. The zero-order valence-electron chi connectivity index (χ0n) is 10.5. The fraction of sp³-hybridized carbons (Fsp3) is 0.375. The van der Waals surface area contributed by atoms with Crippen molar-refractivity contribution in [3.8, 4) is 0 Å². The second kappa shape index (κ2) is 5.41. The molecule has 94 valence electrons. The molecule has 1 aliphatic carbocycles. The molecule has 0 radical (unpaired) electrons. The molecule has 1 fully saturated rings. The van der Waals surface area contributed by atoms with Crippen LogP contribution in [0.15, 0.2) is 42.5 Å². The van der Waals surface area contributed by atoms with Crippen molar-refractivity contribution in [2.24, 2.45) is 0 Å². The van der Waals surface area contributed by atoms with Gasteiger partial charge in [0.15, 0.2) is 0 Å². The van der Waals surface area contributed by atoms with Crippen LogP contribution in [0.25, 0.3) is 10.8 Å². The molecule has 1 saturated carbocycles. The highest BCUT2D eigenvalue weighted by atomic mass is 79.9. The van der Waals surface area contributed by atoms with E-state index in [0.29, 0.717) is 0 Å². The third-order valence-electron chi connectivity index (χ3n) is 3.69. The van der Waals surface area contributed by atoms with E-state index in [1.54, 1.807) is 0 Å². The fourth-order valence-corrected chi connectivity index (χ4v) is 3.04. The van der Waals surface area contributed by atoms with Crippen LogP contribution < -0.4 is 0 Å². The molecule has 0 unspecified atom stereocenters. The largest absolute Gasteiger partial charge is 0.295 e. The SMILES string of the molecule is BrCCN(Cc1cccc2ccccc12)C1CC1. The van der Waals surface area contributed by atoms with Crippen LogP contribution in [0.1, 0.15) is 18.4 Å². The lowest BCUT2D eigenvalue weighted by Crippen LogP contribution is -2.27. The lowest BCUT2D eigenvalue weighted by Gasteiger charge is -2.21. The second-order valence-corrected chi connectivity index (χ2v) is 5.82. The maximum absolute atomic E-state index is 3.57. The van der Waals surface area contributed by atoms with E-state index < -0.39 is 0 Å². The Bertz CT molecular complexity index is 528. The Balaban J connectivity index is 1.88. The summed E-state index contributed by atoms with van der Waals surface area (Å²) in [7, 11) is 0. The molecule has 0 saturated heterocycles. The Morgan fingerprint density at radius 1 is 1.06 bits per heavy atom. The Labute approximate surface area is 117 Å². The van der Waals surface area contributed by atoms with Gasteiger partial charge in [0.1, 0.15) is 0 Å². The van der Waals surface area contributed by atoms with Gasteiger partial charge in [0, 0.05) is 24.5 Å². The van der Waals surface area contributed by atoms with Crippen molar-refractivity contribution in [3.05, 3.63) is 48.0 Å². The van der Waals surface area contributed by atoms with Gasteiger partial charge in [-0.3, -0.25) is 4.90 Å². The molecular formula is C16H18BrN. The summed E-state index contributed by atoms with van der Waals surface area (Å²) in [6.07, 6.45) is 2.75. The van der Waals surface area contributed by atoms with E-state index in [0.717, 1.165) is 24.5 Å². The molecular weight excluding hydrogens is 286 g/mol. The standard InChI is InChI=1S/C16H18BrN/c17-10-11-18(15-8-9-15)12-14-6-3-5-13-4-1-2-7-16(13)14/h1-7,15H,8-12H2. The predicted molar refractivity (Wildman–Crippen MR) is 81.2 cm³/mol. The molecule has 1 aliphatic rings. The van der Waals surface area contributed by atoms with Gasteiger partial charge in [0.05, 0.1) is 0 Å². The van der Waals surface area contributed by atoms with Crippen molar-refractivity contribution in [1.82, 2.24) is 4.90 Å². The highest BCUT2D eigenvalue weighted by Crippen LogP contribution is 2.29. The first-order valence-electron chi connectivity index (χ1n) is 6.65. The number of halogens is 1. The number of hydrogen-bond donors (Lipinski definition) is 0. The molecule has 0 heterocycles. The van der Waals surface area contributed by atoms with Gasteiger partial charge in [-0.1, -0.05) is 58.4 Å². The first-order chi connectivity index (χ1) is 8.88. The molecule has 0 aliphatic heterocycles. The monoisotopic (exact) mass is 303 g/mol. The Morgan fingerprint density at radius 3 is 2.61 bits per heavy atom. The lowest BCUT2D eigenvalue weighted by molar-refractivity contribution is 0.273. The molecule has 0 atom stereocenters. The molecule has 2 heteroatoms. The van der Waals surface area contributed by atoms with E-state index in [1.807, 2.05) is 0 Å². The summed E-state index contributed by atoms with van der Waals surface area (Å²) >= 11 is 3.57. The number of alkyl halides is 1. The Morgan fingerprint density at radius 2 is 1.83 bits per heavy atom. The molecule has 0 amide bonds. The Kier molecular flexibility index (Phi) is 3.67. The number of nitrogens with zero attached hydrogens (tertiary/aromatic N) is 1. The quantitative estimate of drug-likeness (QED) is 0.748. The highest BCUT2D eigenvalue weighted by molar-refractivity contribution is 9.09. The number of rotatable bonds is 5. The summed E-state index contributed by atoms with van der Waals surface area (Å²) in [5.41, 5.74) is 1.46. The number of benzene rings is 2. The molecule has 0 N–H and O–H groups in total. The minimum absolute atomic E-state index is 0.821. The van der Waals surface area contributed by atoms with Gasteiger partial charge in [0.25, 0.3) is 0 Å². The van der Waals surface area contributed by atoms with Gasteiger partial charge in [0.2, 0.25) is 0 Å². The van der Waals surface area contributed by atoms with E-state index in [9.17, 15) is 0 Å². The molecule has 0 aromatic heterocycles. The molecule has 1 nitrogen and oxygen atoms in total. The van der Waals surface area contributed by atoms with Gasteiger partial charge < -0.3 is 0 Å². The van der Waals surface area contributed by atoms with Crippen LogP contribution in [0, 0.1) is 0 Å². The first kappa shape index (κ1) is 12.2. The predicted octanol–water partition coefficient (Wildman–Crippen LogP) is 4.20. The van der Waals surface area contributed by atoms with Crippen LogP contribution in [-0.2, 0) is 6.54 Å². The van der Waals surface area contributed by atoms with Crippen molar-refractivity contribution in [3.63, 3.8) is 0 Å². The zero-order chi connectivity index (χ0) is 12.4.